The molecule has 17 heavy (non-hydrogen) atoms. The molecule has 0 aliphatic carbocycles. The van der Waals surface area contributed by atoms with Gasteiger partial charge in [-0.25, -0.2) is 0 Å². The van der Waals surface area contributed by atoms with E-state index in [-0.39, 0.29) is 6.54 Å². The number of alkyl halides is 3. The van der Waals surface area contributed by atoms with Crippen molar-refractivity contribution in [3.63, 3.8) is 0 Å². The van der Waals surface area contributed by atoms with Crippen molar-refractivity contribution in [2.24, 2.45) is 0 Å². The maximum absolute atomic E-state index is 13.0. The number of fused-ring (bicyclic) bond motifs is 1. The molecule has 1 aromatic carbocycles. The van der Waals surface area contributed by atoms with Gasteiger partial charge in [0.2, 0.25) is 0 Å². The molecule has 92 valence electrons. The summed E-state index contributed by atoms with van der Waals surface area (Å²) in [6.07, 6.45) is -4.27. The minimum atomic E-state index is -4.27. The third-order valence-corrected chi connectivity index (χ3v) is 3.54. The Labute approximate surface area is 101 Å². The van der Waals surface area contributed by atoms with Gasteiger partial charge in [0, 0.05) is 4.70 Å². The quantitative estimate of drug-likeness (QED) is 0.874. The van der Waals surface area contributed by atoms with Gasteiger partial charge < -0.3 is 5.32 Å². The van der Waals surface area contributed by atoms with Crippen LogP contribution in [0.2, 0.25) is 0 Å². The van der Waals surface area contributed by atoms with E-state index in [9.17, 15) is 13.2 Å². The highest BCUT2D eigenvalue weighted by atomic mass is 32.1. The highest BCUT2D eigenvalue weighted by Gasteiger charge is 2.41. The summed E-state index contributed by atoms with van der Waals surface area (Å²) in [4.78, 5) is 0. The smallest absolute Gasteiger partial charge is 0.303 e. The van der Waals surface area contributed by atoms with Gasteiger partial charge in [0.1, 0.15) is 6.04 Å². The average Bonchev–Trinajstić information content (AvgIpc) is 2.72. The number of halogens is 3. The van der Waals surface area contributed by atoms with Crippen LogP contribution in [0.1, 0.15) is 18.5 Å². The Morgan fingerprint density at radius 3 is 2.71 bits per heavy atom. The molecular weight excluding hydrogens is 247 g/mol. The molecule has 1 unspecified atom stereocenters. The van der Waals surface area contributed by atoms with Crippen LogP contribution in [-0.2, 0) is 0 Å². The minimum absolute atomic E-state index is 0.284. The van der Waals surface area contributed by atoms with Gasteiger partial charge in [-0.1, -0.05) is 25.1 Å². The second kappa shape index (κ2) is 4.66. The van der Waals surface area contributed by atoms with Crippen LogP contribution in [0.5, 0.6) is 0 Å². The molecule has 0 saturated heterocycles. The summed E-state index contributed by atoms with van der Waals surface area (Å²) in [5.74, 6) is 0. The average molecular weight is 259 g/mol. The fourth-order valence-electron chi connectivity index (χ4n) is 1.85. The first kappa shape index (κ1) is 12.4. The summed E-state index contributed by atoms with van der Waals surface area (Å²) in [6, 6.07) is 5.28. The Kier molecular flexibility index (Phi) is 3.40. The summed E-state index contributed by atoms with van der Waals surface area (Å²) in [6.45, 7) is 1.96. The highest BCUT2D eigenvalue weighted by molar-refractivity contribution is 7.17. The number of benzene rings is 1. The Bertz CT molecular complexity index is 504. The van der Waals surface area contributed by atoms with Crippen molar-refractivity contribution in [2.45, 2.75) is 19.1 Å². The Hall–Kier alpha value is -1.07. The lowest BCUT2D eigenvalue weighted by molar-refractivity contribution is -0.157. The molecule has 0 spiro atoms. The van der Waals surface area contributed by atoms with Crippen LogP contribution in [0.15, 0.2) is 29.6 Å². The Morgan fingerprint density at radius 2 is 2.06 bits per heavy atom. The molecular formula is C12H12F3NS. The molecule has 0 amide bonds. The lowest BCUT2D eigenvalue weighted by Crippen LogP contribution is -2.34. The van der Waals surface area contributed by atoms with Crippen LogP contribution in [0.25, 0.3) is 10.1 Å². The zero-order valence-corrected chi connectivity index (χ0v) is 10.0. The summed E-state index contributed by atoms with van der Waals surface area (Å²) >= 11 is 1.34. The first-order valence-electron chi connectivity index (χ1n) is 5.30. The molecule has 0 radical (unpaired) electrons. The van der Waals surface area contributed by atoms with Crippen molar-refractivity contribution < 1.29 is 13.2 Å². The topological polar surface area (TPSA) is 12.0 Å². The first-order chi connectivity index (χ1) is 8.04. The monoisotopic (exact) mass is 259 g/mol. The van der Waals surface area contributed by atoms with E-state index in [1.165, 1.54) is 11.3 Å². The zero-order valence-electron chi connectivity index (χ0n) is 9.21. The number of rotatable bonds is 3. The molecule has 1 heterocycles. The number of nitrogens with one attached hydrogen (secondary N) is 1. The Morgan fingerprint density at radius 1 is 1.29 bits per heavy atom. The van der Waals surface area contributed by atoms with E-state index in [1.807, 2.05) is 17.5 Å². The maximum atomic E-state index is 13.0. The van der Waals surface area contributed by atoms with Crippen LogP contribution in [-0.4, -0.2) is 12.7 Å². The van der Waals surface area contributed by atoms with E-state index in [0.717, 1.165) is 5.39 Å². The second-order valence-corrected chi connectivity index (χ2v) is 4.63. The minimum Gasteiger partial charge on any atom is -0.303 e. The van der Waals surface area contributed by atoms with Gasteiger partial charge in [-0.3, -0.25) is 0 Å². The molecule has 0 saturated carbocycles. The zero-order chi connectivity index (χ0) is 12.5. The van der Waals surface area contributed by atoms with Crippen molar-refractivity contribution in [3.05, 3.63) is 35.2 Å². The molecule has 0 aliphatic rings. The lowest BCUT2D eigenvalue weighted by atomic mass is 10.0. The van der Waals surface area contributed by atoms with Crippen LogP contribution in [0, 0.1) is 0 Å². The van der Waals surface area contributed by atoms with Gasteiger partial charge in [-0.15, -0.1) is 11.3 Å². The van der Waals surface area contributed by atoms with E-state index in [4.69, 9.17) is 0 Å². The molecule has 0 fully saturated rings. The van der Waals surface area contributed by atoms with Crippen LogP contribution in [0.3, 0.4) is 0 Å². The summed E-state index contributed by atoms with van der Waals surface area (Å²) < 4.78 is 39.6. The van der Waals surface area contributed by atoms with E-state index in [1.54, 1.807) is 19.1 Å². The highest BCUT2D eigenvalue weighted by Crippen LogP contribution is 2.37. The van der Waals surface area contributed by atoms with Crippen molar-refractivity contribution in [1.82, 2.24) is 5.32 Å². The van der Waals surface area contributed by atoms with Gasteiger partial charge in [-0.2, -0.15) is 13.2 Å². The molecule has 1 N–H and O–H groups in total. The molecule has 2 aromatic rings. The van der Waals surface area contributed by atoms with Crippen molar-refractivity contribution >= 4 is 21.4 Å². The van der Waals surface area contributed by atoms with Crippen molar-refractivity contribution in [1.29, 1.82) is 0 Å². The van der Waals surface area contributed by atoms with Crippen LogP contribution < -0.4 is 5.32 Å². The molecule has 2 rings (SSSR count). The normalized spacial score (nSPS) is 14.1. The lowest BCUT2D eigenvalue weighted by Gasteiger charge is -2.21. The first-order valence-corrected chi connectivity index (χ1v) is 6.18. The SMILES string of the molecule is CCNC(c1cccc2ccsc12)C(F)(F)F. The molecule has 5 heteroatoms. The standard InChI is InChI=1S/C12H12F3NS/c1-2-16-11(12(13,14)15)9-5-3-4-8-6-7-17-10(8)9/h3-7,11,16H,2H2,1H3. The third kappa shape index (κ3) is 2.45. The maximum Gasteiger partial charge on any atom is 0.407 e. The molecule has 1 nitrogen and oxygen atoms in total. The molecule has 1 aromatic heterocycles. The summed E-state index contributed by atoms with van der Waals surface area (Å²) in [7, 11) is 0. The molecule has 1 atom stereocenters. The number of thiophene rings is 1. The summed E-state index contributed by atoms with van der Waals surface area (Å²) in [5.41, 5.74) is 0.312. The predicted molar refractivity (Wildman–Crippen MR) is 64.3 cm³/mol. The van der Waals surface area contributed by atoms with E-state index < -0.39 is 12.2 Å². The van der Waals surface area contributed by atoms with Gasteiger partial charge in [0.25, 0.3) is 0 Å². The van der Waals surface area contributed by atoms with Crippen LogP contribution >= 0.6 is 11.3 Å². The summed E-state index contributed by atoms with van der Waals surface area (Å²) in [5, 5.41) is 5.18. The fourth-order valence-corrected chi connectivity index (χ4v) is 2.79. The van der Waals surface area contributed by atoms with Gasteiger partial charge in [-0.05, 0) is 28.9 Å². The van der Waals surface area contributed by atoms with E-state index in [0.29, 0.717) is 10.3 Å². The van der Waals surface area contributed by atoms with Gasteiger partial charge in [0.15, 0.2) is 0 Å². The van der Waals surface area contributed by atoms with Crippen molar-refractivity contribution in [2.75, 3.05) is 6.54 Å². The predicted octanol–water partition coefficient (Wildman–Crippen LogP) is 4.11. The largest absolute Gasteiger partial charge is 0.407 e. The second-order valence-electron chi connectivity index (χ2n) is 3.72. The molecule has 0 aliphatic heterocycles. The van der Waals surface area contributed by atoms with E-state index >= 15 is 0 Å². The van der Waals surface area contributed by atoms with Crippen molar-refractivity contribution in [3.8, 4) is 0 Å². The van der Waals surface area contributed by atoms with Gasteiger partial charge >= 0.3 is 6.18 Å². The number of hydrogen-bond acceptors (Lipinski definition) is 2. The third-order valence-electron chi connectivity index (χ3n) is 2.56. The van der Waals surface area contributed by atoms with Crippen LogP contribution in [0.4, 0.5) is 13.2 Å². The van der Waals surface area contributed by atoms with E-state index in [2.05, 4.69) is 5.32 Å². The fraction of sp³-hybridized carbons (Fsp3) is 0.333. The van der Waals surface area contributed by atoms with Gasteiger partial charge in [0.05, 0.1) is 0 Å². The Balaban J connectivity index is 2.52. The number of hydrogen-bond donors (Lipinski definition) is 1. The molecule has 0 bridgehead atoms.